The molecular weight excluding hydrogens is 331 g/mol. The van der Waals surface area contributed by atoms with Gasteiger partial charge in [0.15, 0.2) is 0 Å². The molecule has 0 radical (unpaired) electrons. The number of aromatic amines is 1. The second-order valence-electron chi connectivity index (χ2n) is 4.16. The number of rotatable bonds is 6. The number of carbonyl (C=O) groups excluding carboxylic acids is 1. The quantitative estimate of drug-likeness (QED) is 0.701. The van der Waals surface area contributed by atoms with Crippen molar-refractivity contribution in [3.8, 4) is 11.3 Å². The van der Waals surface area contributed by atoms with Gasteiger partial charge in [-0.2, -0.15) is 0 Å². The number of hydrogen-bond donors (Lipinski definition) is 3. The summed E-state index contributed by atoms with van der Waals surface area (Å²) in [5, 5.41) is 9.02. The van der Waals surface area contributed by atoms with Gasteiger partial charge in [0.2, 0.25) is 0 Å². The Labute approximate surface area is 140 Å². The van der Waals surface area contributed by atoms with E-state index in [-0.39, 0.29) is 30.7 Å². The van der Waals surface area contributed by atoms with E-state index < -0.39 is 0 Å². The first-order valence-electron chi connectivity index (χ1n) is 6.30. The maximum Gasteiger partial charge on any atom is 0.267 e. The van der Waals surface area contributed by atoms with Crippen LogP contribution >= 0.6 is 36.2 Å². The lowest BCUT2D eigenvalue weighted by Crippen LogP contribution is -2.31. The van der Waals surface area contributed by atoms with Crippen molar-refractivity contribution in [2.24, 2.45) is 0 Å². The third-order valence-corrected chi connectivity index (χ3v) is 3.45. The zero-order chi connectivity index (χ0) is 13.7. The van der Waals surface area contributed by atoms with Crippen molar-refractivity contribution >= 4 is 42.1 Å². The predicted molar refractivity (Wildman–Crippen MR) is 92.0 cm³/mol. The van der Waals surface area contributed by atoms with Gasteiger partial charge >= 0.3 is 0 Å². The second kappa shape index (κ2) is 9.78. The molecule has 21 heavy (non-hydrogen) atoms. The Bertz CT molecular complexity index is 556. The number of nitrogens with one attached hydrogen (secondary N) is 3. The largest absolute Gasteiger partial charge is 0.357 e. The summed E-state index contributed by atoms with van der Waals surface area (Å²) < 4.78 is 0. The average Bonchev–Trinajstić information content (AvgIpc) is 3.02. The van der Waals surface area contributed by atoms with Crippen molar-refractivity contribution in [3.05, 3.63) is 28.3 Å². The highest BCUT2D eigenvalue weighted by Gasteiger charge is 2.10. The molecule has 2 heterocycles. The van der Waals surface area contributed by atoms with Crippen LogP contribution in [0.25, 0.3) is 11.3 Å². The van der Waals surface area contributed by atoms with Crippen molar-refractivity contribution in [1.82, 2.24) is 20.6 Å². The zero-order valence-electron chi connectivity index (χ0n) is 11.9. The van der Waals surface area contributed by atoms with E-state index in [9.17, 15) is 4.79 Å². The van der Waals surface area contributed by atoms with Crippen molar-refractivity contribution in [3.63, 3.8) is 0 Å². The molecule has 2 aromatic heterocycles. The number of thiazole rings is 1. The molecule has 0 unspecified atom stereocenters. The van der Waals surface area contributed by atoms with Crippen LogP contribution in [0.2, 0.25) is 0 Å². The summed E-state index contributed by atoms with van der Waals surface area (Å²) >= 11 is 1.60. The van der Waals surface area contributed by atoms with E-state index in [0.29, 0.717) is 12.2 Å². The highest BCUT2D eigenvalue weighted by molar-refractivity contribution is 7.09. The SMILES string of the molecule is CCNCCNC(=O)c1cc(-c2csc(C)n2)c[nH]1.Cl.Cl. The van der Waals surface area contributed by atoms with Gasteiger partial charge in [-0.05, 0) is 19.5 Å². The minimum atomic E-state index is -0.0869. The van der Waals surface area contributed by atoms with E-state index in [0.717, 1.165) is 29.4 Å². The van der Waals surface area contributed by atoms with Gasteiger partial charge in [-0.3, -0.25) is 4.79 Å². The first-order valence-corrected chi connectivity index (χ1v) is 7.18. The molecule has 0 aromatic carbocycles. The van der Waals surface area contributed by atoms with Crippen LogP contribution in [0, 0.1) is 6.92 Å². The number of aromatic nitrogens is 2. The second-order valence-corrected chi connectivity index (χ2v) is 5.23. The molecule has 118 valence electrons. The van der Waals surface area contributed by atoms with Crippen molar-refractivity contribution in [1.29, 1.82) is 0 Å². The van der Waals surface area contributed by atoms with Crippen molar-refractivity contribution < 1.29 is 4.79 Å². The number of aryl methyl sites for hydroxylation is 1. The summed E-state index contributed by atoms with van der Waals surface area (Å²) in [6.45, 7) is 6.31. The lowest BCUT2D eigenvalue weighted by molar-refractivity contribution is 0.0949. The Balaban J connectivity index is 0.00000200. The van der Waals surface area contributed by atoms with Crippen LogP contribution in [-0.4, -0.2) is 35.5 Å². The maximum absolute atomic E-state index is 11.9. The van der Waals surface area contributed by atoms with E-state index >= 15 is 0 Å². The first-order chi connectivity index (χ1) is 9.20. The van der Waals surface area contributed by atoms with E-state index in [4.69, 9.17) is 0 Å². The van der Waals surface area contributed by atoms with Crippen LogP contribution in [0.1, 0.15) is 22.4 Å². The van der Waals surface area contributed by atoms with Crippen molar-refractivity contribution in [2.45, 2.75) is 13.8 Å². The molecule has 2 aromatic rings. The molecule has 0 saturated carbocycles. The van der Waals surface area contributed by atoms with E-state index in [1.54, 1.807) is 11.3 Å². The molecule has 0 aliphatic heterocycles. The minimum absolute atomic E-state index is 0. The summed E-state index contributed by atoms with van der Waals surface area (Å²) in [6, 6.07) is 1.83. The first kappa shape index (κ1) is 19.9. The third-order valence-electron chi connectivity index (χ3n) is 2.68. The van der Waals surface area contributed by atoms with Gasteiger partial charge in [0.05, 0.1) is 10.7 Å². The van der Waals surface area contributed by atoms with Gasteiger partial charge in [-0.25, -0.2) is 4.98 Å². The monoisotopic (exact) mass is 350 g/mol. The van der Waals surface area contributed by atoms with Gasteiger partial charge in [0.1, 0.15) is 5.69 Å². The average molecular weight is 351 g/mol. The molecule has 0 bridgehead atoms. The topological polar surface area (TPSA) is 69.8 Å². The molecule has 2 rings (SSSR count). The fourth-order valence-electron chi connectivity index (χ4n) is 1.71. The molecule has 3 N–H and O–H groups in total. The number of nitrogens with zero attached hydrogens (tertiary/aromatic N) is 1. The molecular formula is C13H20Cl2N4OS. The number of hydrogen-bond acceptors (Lipinski definition) is 4. The predicted octanol–water partition coefficient (Wildman–Crippen LogP) is 2.63. The number of halogens is 2. The minimum Gasteiger partial charge on any atom is -0.357 e. The molecule has 5 nitrogen and oxygen atoms in total. The highest BCUT2D eigenvalue weighted by Crippen LogP contribution is 2.22. The summed E-state index contributed by atoms with van der Waals surface area (Å²) in [4.78, 5) is 19.3. The van der Waals surface area contributed by atoms with E-state index in [1.165, 1.54) is 0 Å². The van der Waals surface area contributed by atoms with Crippen LogP contribution in [0.5, 0.6) is 0 Å². The standard InChI is InChI=1S/C13H18N4OS.2ClH/c1-3-14-4-5-15-13(18)11-6-10(7-16-11)12-8-19-9(2)17-12;;/h6-8,14,16H,3-5H2,1-2H3,(H,15,18);2*1H. The van der Waals surface area contributed by atoms with E-state index in [2.05, 4.69) is 20.6 Å². The van der Waals surface area contributed by atoms with Gasteiger partial charge in [0.25, 0.3) is 5.91 Å². The van der Waals surface area contributed by atoms with Crippen LogP contribution in [0.3, 0.4) is 0 Å². The Hall–Kier alpha value is -1.08. The van der Waals surface area contributed by atoms with Gasteiger partial charge in [-0.15, -0.1) is 36.2 Å². The summed E-state index contributed by atoms with van der Waals surface area (Å²) in [5.41, 5.74) is 2.42. The van der Waals surface area contributed by atoms with Gasteiger partial charge in [0, 0.05) is 30.2 Å². The molecule has 0 aliphatic rings. The Morgan fingerprint density at radius 2 is 2.14 bits per heavy atom. The highest BCUT2D eigenvalue weighted by atomic mass is 35.5. The summed E-state index contributed by atoms with van der Waals surface area (Å²) in [5.74, 6) is -0.0869. The van der Waals surface area contributed by atoms with E-state index in [1.807, 2.05) is 31.5 Å². The molecule has 1 amide bonds. The smallest absolute Gasteiger partial charge is 0.267 e. The molecule has 0 aliphatic carbocycles. The summed E-state index contributed by atoms with van der Waals surface area (Å²) in [6.07, 6.45) is 1.81. The third kappa shape index (κ3) is 5.67. The normalized spacial score (nSPS) is 9.62. The fraction of sp³-hybridized carbons (Fsp3) is 0.385. The van der Waals surface area contributed by atoms with Gasteiger partial charge in [-0.1, -0.05) is 6.92 Å². The Morgan fingerprint density at radius 3 is 2.76 bits per heavy atom. The molecule has 0 fully saturated rings. The number of likely N-dealkylation sites (N-methyl/N-ethyl adjacent to an activating group) is 1. The fourth-order valence-corrected chi connectivity index (χ4v) is 2.33. The molecule has 0 spiro atoms. The van der Waals surface area contributed by atoms with Crippen LogP contribution in [0.4, 0.5) is 0 Å². The molecule has 8 heteroatoms. The van der Waals surface area contributed by atoms with Gasteiger partial charge < -0.3 is 15.6 Å². The maximum atomic E-state index is 11.9. The van der Waals surface area contributed by atoms with Crippen molar-refractivity contribution in [2.75, 3.05) is 19.6 Å². The molecule has 0 atom stereocenters. The summed E-state index contributed by atoms with van der Waals surface area (Å²) in [7, 11) is 0. The zero-order valence-corrected chi connectivity index (χ0v) is 14.4. The number of amides is 1. The Morgan fingerprint density at radius 1 is 1.38 bits per heavy atom. The lowest BCUT2D eigenvalue weighted by Gasteiger charge is -2.03. The number of H-pyrrole nitrogens is 1. The van der Waals surface area contributed by atoms with Crippen LogP contribution in [0.15, 0.2) is 17.6 Å². The Kier molecular flexibility index (Phi) is 9.28. The number of carbonyl (C=O) groups is 1. The van der Waals surface area contributed by atoms with Crippen LogP contribution in [-0.2, 0) is 0 Å². The lowest BCUT2D eigenvalue weighted by atomic mass is 10.2. The molecule has 0 saturated heterocycles. The van der Waals surface area contributed by atoms with Crippen LogP contribution < -0.4 is 10.6 Å².